The molecule has 0 bridgehead atoms. The molecule has 1 heterocycles. The number of carboxylic acid groups (broad SMARTS) is 1. The molecule has 1 aliphatic heterocycles. The standard InChI is InChI=1S/C29H32O7S/c1-4-37(32,33)11-10-34-25-12-19(2)29(20(3)13-25)22-7-5-6-21(14-22)17-35-24-8-9-26-23(15-28(30)31)18-36-27(26)16-24/h5-9,12-14,16,23H,4,10-11,15,17-18H2,1-3H3,(H,30,31)/t23-/m1/s1. The second kappa shape index (κ2) is 11.3. The fourth-order valence-electron chi connectivity index (χ4n) is 4.60. The molecule has 1 aliphatic rings. The summed E-state index contributed by atoms with van der Waals surface area (Å²) >= 11 is 0. The Morgan fingerprint density at radius 1 is 1.03 bits per heavy atom. The van der Waals surface area contributed by atoms with Crippen molar-refractivity contribution in [3.8, 4) is 28.4 Å². The van der Waals surface area contributed by atoms with Gasteiger partial charge in [-0.2, -0.15) is 0 Å². The van der Waals surface area contributed by atoms with Gasteiger partial charge >= 0.3 is 5.97 Å². The summed E-state index contributed by atoms with van der Waals surface area (Å²) in [5.41, 5.74) is 6.15. The van der Waals surface area contributed by atoms with Gasteiger partial charge in [0, 0.05) is 23.3 Å². The third-order valence-corrected chi connectivity index (χ3v) is 8.18. The predicted molar refractivity (Wildman–Crippen MR) is 142 cm³/mol. The first kappa shape index (κ1) is 26.5. The van der Waals surface area contributed by atoms with E-state index in [0.717, 1.165) is 33.4 Å². The Bertz CT molecular complexity index is 1370. The van der Waals surface area contributed by atoms with E-state index in [1.165, 1.54) is 0 Å². The van der Waals surface area contributed by atoms with Crippen molar-refractivity contribution in [2.75, 3.05) is 24.7 Å². The summed E-state index contributed by atoms with van der Waals surface area (Å²) in [7, 11) is -3.07. The average Bonchev–Trinajstić information content (AvgIpc) is 3.24. The van der Waals surface area contributed by atoms with Crippen LogP contribution in [-0.2, 0) is 21.2 Å². The molecule has 0 spiro atoms. The van der Waals surface area contributed by atoms with E-state index < -0.39 is 15.8 Å². The number of aryl methyl sites for hydroxylation is 2. The highest BCUT2D eigenvalue weighted by atomic mass is 32.2. The molecule has 1 N–H and O–H groups in total. The number of hydrogen-bond acceptors (Lipinski definition) is 6. The molecule has 0 aromatic heterocycles. The molecule has 0 unspecified atom stereocenters. The largest absolute Gasteiger partial charge is 0.493 e. The molecule has 4 rings (SSSR count). The first-order valence-corrected chi connectivity index (χ1v) is 14.1. The van der Waals surface area contributed by atoms with Crippen LogP contribution in [0.2, 0.25) is 0 Å². The third kappa shape index (κ3) is 6.63. The van der Waals surface area contributed by atoms with Crippen molar-refractivity contribution in [1.29, 1.82) is 0 Å². The van der Waals surface area contributed by atoms with E-state index in [4.69, 9.17) is 19.3 Å². The lowest BCUT2D eigenvalue weighted by atomic mass is 9.94. The molecule has 0 aliphatic carbocycles. The van der Waals surface area contributed by atoms with Gasteiger partial charge in [-0.05, 0) is 65.9 Å². The SMILES string of the molecule is CCS(=O)(=O)CCOc1cc(C)c(-c2cccc(COc3ccc4c(c3)OC[C@H]4CC(=O)O)c2)c(C)c1. The average molecular weight is 525 g/mol. The highest BCUT2D eigenvalue weighted by molar-refractivity contribution is 7.91. The van der Waals surface area contributed by atoms with Crippen molar-refractivity contribution in [3.63, 3.8) is 0 Å². The lowest BCUT2D eigenvalue weighted by molar-refractivity contribution is -0.137. The topological polar surface area (TPSA) is 99.1 Å². The summed E-state index contributed by atoms with van der Waals surface area (Å²) < 4.78 is 40.9. The fraction of sp³-hybridized carbons (Fsp3) is 0.345. The Labute approximate surface area is 217 Å². The van der Waals surface area contributed by atoms with Crippen LogP contribution in [0, 0.1) is 13.8 Å². The van der Waals surface area contributed by atoms with E-state index >= 15 is 0 Å². The number of fused-ring (bicyclic) bond motifs is 1. The number of ether oxygens (including phenoxy) is 3. The Hall–Kier alpha value is -3.52. The first-order chi connectivity index (χ1) is 17.6. The minimum Gasteiger partial charge on any atom is -0.493 e. The van der Waals surface area contributed by atoms with Gasteiger partial charge < -0.3 is 19.3 Å². The summed E-state index contributed by atoms with van der Waals surface area (Å²) in [4.78, 5) is 11.1. The van der Waals surface area contributed by atoms with Crippen LogP contribution in [0.5, 0.6) is 17.2 Å². The third-order valence-electron chi connectivity index (χ3n) is 6.52. The quantitative estimate of drug-likeness (QED) is 0.363. The van der Waals surface area contributed by atoms with Crippen molar-refractivity contribution in [2.45, 2.75) is 39.7 Å². The van der Waals surface area contributed by atoms with Gasteiger partial charge in [-0.3, -0.25) is 4.79 Å². The molecule has 1 atom stereocenters. The zero-order valence-electron chi connectivity index (χ0n) is 21.3. The van der Waals surface area contributed by atoms with Gasteiger partial charge in [-0.25, -0.2) is 8.42 Å². The Balaban J connectivity index is 1.43. The van der Waals surface area contributed by atoms with Crippen LogP contribution in [0.3, 0.4) is 0 Å². The molecule has 3 aromatic rings. The number of benzene rings is 3. The fourth-order valence-corrected chi connectivity index (χ4v) is 5.23. The zero-order chi connectivity index (χ0) is 26.6. The summed E-state index contributed by atoms with van der Waals surface area (Å²) in [6.45, 7) is 6.54. The van der Waals surface area contributed by atoms with Crippen LogP contribution < -0.4 is 14.2 Å². The van der Waals surface area contributed by atoms with Gasteiger partial charge in [0.25, 0.3) is 0 Å². The highest BCUT2D eigenvalue weighted by Crippen LogP contribution is 2.38. The van der Waals surface area contributed by atoms with Crippen molar-refractivity contribution in [3.05, 3.63) is 76.9 Å². The molecule has 0 saturated carbocycles. The summed E-state index contributed by atoms with van der Waals surface area (Å²) in [6, 6.07) is 17.6. The number of carbonyl (C=O) groups is 1. The molecule has 196 valence electrons. The molecule has 7 nitrogen and oxygen atoms in total. The monoisotopic (exact) mass is 524 g/mol. The smallest absolute Gasteiger partial charge is 0.304 e. The van der Waals surface area contributed by atoms with Gasteiger partial charge in [0.1, 0.15) is 30.5 Å². The van der Waals surface area contributed by atoms with Gasteiger partial charge in [-0.1, -0.05) is 31.2 Å². The second-order valence-electron chi connectivity index (χ2n) is 9.31. The van der Waals surface area contributed by atoms with Crippen LogP contribution in [-0.4, -0.2) is 44.2 Å². The van der Waals surface area contributed by atoms with Crippen molar-refractivity contribution in [2.24, 2.45) is 0 Å². The molecule has 8 heteroatoms. The molecular weight excluding hydrogens is 492 g/mol. The van der Waals surface area contributed by atoms with E-state index in [-0.39, 0.29) is 30.5 Å². The lowest BCUT2D eigenvalue weighted by Crippen LogP contribution is -2.15. The number of aliphatic carboxylic acids is 1. The van der Waals surface area contributed by atoms with Crippen LogP contribution in [0.15, 0.2) is 54.6 Å². The summed E-state index contributed by atoms with van der Waals surface area (Å²) in [5, 5.41) is 9.08. The molecule has 0 fully saturated rings. The van der Waals surface area contributed by atoms with Crippen molar-refractivity contribution >= 4 is 15.8 Å². The van der Waals surface area contributed by atoms with E-state index in [9.17, 15) is 13.2 Å². The van der Waals surface area contributed by atoms with E-state index in [1.54, 1.807) is 6.92 Å². The molecule has 0 amide bonds. The normalized spacial score (nSPS) is 14.6. The van der Waals surface area contributed by atoms with E-state index in [0.29, 0.717) is 30.5 Å². The zero-order valence-corrected chi connectivity index (χ0v) is 22.1. The van der Waals surface area contributed by atoms with Gasteiger partial charge in [0.05, 0.1) is 18.8 Å². The number of rotatable bonds is 11. The van der Waals surface area contributed by atoms with Gasteiger partial charge in [0.15, 0.2) is 9.84 Å². The predicted octanol–water partition coefficient (Wildman–Crippen LogP) is 5.31. The van der Waals surface area contributed by atoms with Crippen molar-refractivity contribution in [1.82, 2.24) is 0 Å². The Kier molecular flexibility index (Phi) is 8.07. The van der Waals surface area contributed by atoms with Gasteiger partial charge in [0.2, 0.25) is 0 Å². The van der Waals surface area contributed by atoms with Crippen LogP contribution in [0.25, 0.3) is 11.1 Å². The number of sulfone groups is 1. The second-order valence-corrected chi connectivity index (χ2v) is 11.8. The molecule has 3 aromatic carbocycles. The summed E-state index contributed by atoms with van der Waals surface area (Å²) in [6.07, 6.45) is 0.0483. The maximum Gasteiger partial charge on any atom is 0.304 e. The number of hydrogen-bond donors (Lipinski definition) is 1. The highest BCUT2D eigenvalue weighted by Gasteiger charge is 2.26. The maximum atomic E-state index is 11.7. The lowest BCUT2D eigenvalue weighted by Gasteiger charge is -2.15. The number of carboxylic acids is 1. The minimum absolute atomic E-state index is 0.00462. The Morgan fingerprint density at radius 3 is 2.49 bits per heavy atom. The molecule has 37 heavy (non-hydrogen) atoms. The maximum absolute atomic E-state index is 11.7. The van der Waals surface area contributed by atoms with Crippen LogP contribution >= 0.6 is 0 Å². The van der Waals surface area contributed by atoms with Gasteiger partial charge in [-0.15, -0.1) is 0 Å². The molecule has 0 saturated heterocycles. The minimum atomic E-state index is -3.07. The Morgan fingerprint density at radius 2 is 1.78 bits per heavy atom. The van der Waals surface area contributed by atoms with Crippen molar-refractivity contribution < 1.29 is 32.5 Å². The van der Waals surface area contributed by atoms with E-state index in [2.05, 4.69) is 12.1 Å². The van der Waals surface area contributed by atoms with E-state index in [1.807, 2.05) is 56.3 Å². The van der Waals surface area contributed by atoms with Crippen LogP contribution in [0.4, 0.5) is 0 Å². The first-order valence-electron chi connectivity index (χ1n) is 12.3. The van der Waals surface area contributed by atoms with Crippen LogP contribution in [0.1, 0.15) is 41.5 Å². The summed E-state index contributed by atoms with van der Waals surface area (Å²) in [5.74, 6) is 1.15. The molecule has 0 radical (unpaired) electrons. The molecular formula is C29H32O7S.